The summed E-state index contributed by atoms with van der Waals surface area (Å²) in [7, 11) is 2.14. The van der Waals surface area contributed by atoms with E-state index in [2.05, 4.69) is 35.6 Å². The van der Waals surface area contributed by atoms with Crippen LogP contribution in [-0.2, 0) is 13.0 Å². The molecule has 78 valence electrons. The van der Waals surface area contributed by atoms with Gasteiger partial charge in [-0.15, -0.1) is 0 Å². The van der Waals surface area contributed by atoms with Crippen LogP contribution in [-0.4, -0.2) is 28.3 Å². The van der Waals surface area contributed by atoms with Crippen molar-refractivity contribution in [2.75, 3.05) is 19.3 Å². The Labute approximate surface area is 84.7 Å². The second-order valence-corrected chi connectivity index (χ2v) is 4.34. The number of rotatable bonds is 1. The van der Waals surface area contributed by atoms with Crippen molar-refractivity contribution in [3.05, 3.63) is 11.3 Å². The molecule has 0 aliphatic carbocycles. The number of hydrogen-bond donors (Lipinski definition) is 1. The van der Waals surface area contributed by atoms with E-state index < -0.39 is 0 Å². The Morgan fingerprint density at radius 3 is 2.79 bits per heavy atom. The summed E-state index contributed by atoms with van der Waals surface area (Å²) < 4.78 is 2.06. The first-order valence-electron chi connectivity index (χ1n) is 5.14. The molecule has 0 amide bonds. The van der Waals surface area contributed by atoms with Crippen LogP contribution in [0.25, 0.3) is 0 Å². The van der Waals surface area contributed by atoms with E-state index in [0.717, 1.165) is 25.3 Å². The van der Waals surface area contributed by atoms with E-state index in [0.29, 0.717) is 6.04 Å². The van der Waals surface area contributed by atoms with Gasteiger partial charge in [-0.25, -0.2) is 0 Å². The van der Waals surface area contributed by atoms with Crippen LogP contribution in [0.1, 0.15) is 31.1 Å². The summed E-state index contributed by atoms with van der Waals surface area (Å²) >= 11 is 0. The lowest BCUT2D eigenvalue weighted by Gasteiger charge is -2.24. The van der Waals surface area contributed by atoms with Crippen LogP contribution in [0, 0.1) is 0 Å². The maximum absolute atomic E-state index is 5.89. The molecule has 1 aromatic heterocycles. The average molecular weight is 194 g/mol. The molecule has 14 heavy (non-hydrogen) atoms. The Balaban J connectivity index is 2.45. The summed E-state index contributed by atoms with van der Waals surface area (Å²) in [4.78, 5) is 2.31. The highest BCUT2D eigenvalue weighted by atomic mass is 15.3. The summed E-state index contributed by atoms with van der Waals surface area (Å²) in [5, 5.41) is 4.39. The highest BCUT2D eigenvalue weighted by Gasteiger charge is 2.22. The number of hydrogen-bond acceptors (Lipinski definition) is 3. The van der Waals surface area contributed by atoms with Gasteiger partial charge in [-0.1, -0.05) is 0 Å². The van der Waals surface area contributed by atoms with Crippen LogP contribution < -0.4 is 5.73 Å². The lowest BCUT2D eigenvalue weighted by molar-refractivity contribution is 0.296. The van der Waals surface area contributed by atoms with Gasteiger partial charge >= 0.3 is 0 Å². The number of aromatic nitrogens is 2. The summed E-state index contributed by atoms with van der Waals surface area (Å²) in [6.07, 6.45) is 1.03. The lowest BCUT2D eigenvalue weighted by atomic mass is 10.1. The zero-order chi connectivity index (χ0) is 10.3. The van der Waals surface area contributed by atoms with Crippen molar-refractivity contribution in [1.82, 2.24) is 14.7 Å². The topological polar surface area (TPSA) is 47.1 Å². The standard InChI is InChI=1S/C10H18N4/c1-7(2)14-9-6-13(3)5-4-8(9)10(11)12-14/h7H,4-6H2,1-3H3,(H2,11,12). The Morgan fingerprint density at radius 1 is 1.43 bits per heavy atom. The third-order valence-corrected chi connectivity index (χ3v) is 2.80. The fraction of sp³-hybridized carbons (Fsp3) is 0.700. The Kier molecular flexibility index (Phi) is 2.23. The monoisotopic (exact) mass is 194 g/mol. The molecule has 0 unspecified atom stereocenters. The van der Waals surface area contributed by atoms with Gasteiger partial charge < -0.3 is 10.6 Å². The zero-order valence-electron chi connectivity index (χ0n) is 9.12. The Morgan fingerprint density at radius 2 is 2.14 bits per heavy atom. The highest BCUT2D eigenvalue weighted by molar-refractivity contribution is 5.44. The molecule has 0 spiro atoms. The molecule has 0 atom stereocenters. The van der Waals surface area contributed by atoms with Gasteiger partial charge in [-0.05, 0) is 27.3 Å². The molecular weight excluding hydrogens is 176 g/mol. The Hall–Kier alpha value is -1.03. The van der Waals surface area contributed by atoms with E-state index in [4.69, 9.17) is 5.73 Å². The molecule has 0 fully saturated rings. The van der Waals surface area contributed by atoms with E-state index >= 15 is 0 Å². The van der Waals surface area contributed by atoms with Crippen molar-refractivity contribution in [2.24, 2.45) is 0 Å². The van der Waals surface area contributed by atoms with Crippen molar-refractivity contribution >= 4 is 5.82 Å². The molecule has 0 bridgehead atoms. The van der Waals surface area contributed by atoms with Crippen molar-refractivity contribution < 1.29 is 0 Å². The SMILES string of the molecule is CC(C)n1nc(N)c2c1CN(C)CC2. The van der Waals surface area contributed by atoms with Gasteiger partial charge in [0.05, 0.1) is 5.69 Å². The third-order valence-electron chi connectivity index (χ3n) is 2.80. The van der Waals surface area contributed by atoms with E-state index in [9.17, 15) is 0 Å². The van der Waals surface area contributed by atoms with Crippen LogP contribution >= 0.6 is 0 Å². The van der Waals surface area contributed by atoms with E-state index in [1.807, 2.05) is 0 Å². The summed E-state index contributed by atoms with van der Waals surface area (Å²) in [5.74, 6) is 0.724. The summed E-state index contributed by atoms with van der Waals surface area (Å²) in [6, 6.07) is 0.396. The fourth-order valence-electron chi connectivity index (χ4n) is 2.03. The minimum atomic E-state index is 0.396. The van der Waals surface area contributed by atoms with E-state index in [1.54, 1.807) is 0 Å². The predicted molar refractivity (Wildman–Crippen MR) is 57.1 cm³/mol. The van der Waals surface area contributed by atoms with Gasteiger partial charge in [0.2, 0.25) is 0 Å². The first-order valence-corrected chi connectivity index (χ1v) is 5.14. The maximum atomic E-state index is 5.89. The molecular formula is C10H18N4. The number of anilines is 1. The smallest absolute Gasteiger partial charge is 0.149 e. The Bertz CT molecular complexity index is 340. The van der Waals surface area contributed by atoms with Crippen LogP contribution in [0.4, 0.5) is 5.82 Å². The summed E-state index contributed by atoms with van der Waals surface area (Å²) in [5.41, 5.74) is 8.45. The highest BCUT2D eigenvalue weighted by Crippen LogP contribution is 2.25. The van der Waals surface area contributed by atoms with Crippen molar-refractivity contribution in [2.45, 2.75) is 32.9 Å². The molecule has 2 N–H and O–H groups in total. The molecule has 0 aromatic carbocycles. The minimum absolute atomic E-state index is 0.396. The molecule has 0 radical (unpaired) electrons. The third kappa shape index (κ3) is 1.39. The quantitative estimate of drug-likeness (QED) is 0.726. The van der Waals surface area contributed by atoms with Gasteiger partial charge in [0.25, 0.3) is 0 Å². The van der Waals surface area contributed by atoms with Crippen LogP contribution in [0.5, 0.6) is 0 Å². The second-order valence-electron chi connectivity index (χ2n) is 4.34. The molecule has 1 aromatic rings. The predicted octanol–water partition coefficient (Wildman–Crippen LogP) is 1.03. The normalized spacial score (nSPS) is 17.4. The second kappa shape index (κ2) is 3.28. The van der Waals surface area contributed by atoms with E-state index in [1.165, 1.54) is 11.3 Å². The van der Waals surface area contributed by atoms with Crippen LogP contribution in [0.2, 0.25) is 0 Å². The first-order chi connectivity index (χ1) is 6.59. The number of likely N-dealkylation sites (N-methyl/N-ethyl adjacent to an activating group) is 1. The zero-order valence-corrected chi connectivity index (χ0v) is 9.12. The van der Waals surface area contributed by atoms with Gasteiger partial charge in [0.1, 0.15) is 5.82 Å². The molecule has 4 heteroatoms. The van der Waals surface area contributed by atoms with Crippen molar-refractivity contribution in [3.8, 4) is 0 Å². The average Bonchev–Trinajstić information content (AvgIpc) is 2.43. The van der Waals surface area contributed by atoms with Gasteiger partial charge in [-0.2, -0.15) is 5.10 Å². The molecule has 4 nitrogen and oxygen atoms in total. The number of fused-ring (bicyclic) bond motifs is 1. The molecule has 2 rings (SSSR count). The van der Waals surface area contributed by atoms with Crippen LogP contribution in [0.3, 0.4) is 0 Å². The van der Waals surface area contributed by atoms with Gasteiger partial charge in [0, 0.05) is 24.7 Å². The molecule has 1 aliphatic heterocycles. The van der Waals surface area contributed by atoms with E-state index in [-0.39, 0.29) is 0 Å². The largest absolute Gasteiger partial charge is 0.382 e. The van der Waals surface area contributed by atoms with Gasteiger partial charge in [0.15, 0.2) is 0 Å². The lowest BCUT2D eigenvalue weighted by Crippen LogP contribution is -2.28. The fourth-order valence-corrected chi connectivity index (χ4v) is 2.03. The molecule has 0 saturated carbocycles. The number of nitrogens with two attached hydrogens (primary N) is 1. The number of nitrogens with zero attached hydrogens (tertiary/aromatic N) is 3. The van der Waals surface area contributed by atoms with Crippen LogP contribution in [0.15, 0.2) is 0 Å². The minimum Gasteiger partial charge on any atom is -0.382 e. The van der Waals surface area contributed by atoms with Gasteiger partial charge in [-0.3, -0.25) is 4.68 Å². The number of nitrogen functional groups attached to an aromatic ring is 1. The first kappa shape index (κ1) is 9.52. The summed E-state index contributed by atoms with van der Waals surface area (Å²) in [6.45, 7) is 6.33. The van der Waals surface area contributed by atoms with Crippen molar-refractivity contribution in [1.29, 1.82) is 0 Å². The molecule has 1 aliphatic rings. The maximum Gasteiger partial charge on any atom is 0.149 e. The van der Waals surface area contributed by atoms with Crippen molar-refractivity contribution in [3.63, 3.8) is 0 Å². The molecule has 0 saturated heterocycles. The molecule has 2 heterocycles.